The van der Waals surface area contributed by atoms with Gasteiger partial charge in [-0.1, -0.05) is 19.9 Å². The molecule has 0 aliphatic heterocycles. The van der Waals surface area contributed by atoms with Crippen LogP contribution >= 0.6 is 11.3 Å². The van der Waals surface area contributed by atoms with Gasteiger partial charge >= 0.3 is 0 Å². The maximum absolute atomic E-state index is 5.27. The summed E-state index contributed by atoms with van der Waals surface area (Å²) < 4.78 is 5.27. The minimum absolute atomic E-state index is 0.449. The molecular formula is C16H23N3OS. The molecule has 4 nitrogen and oxygen atoms in total. The van der Waals surface area contributed by atoms with Crippen molar-refractivity contribution in [3.63, 3.8) is 0 Å². The zero-order valence-corrected chi connectivity index (χ0v) is 14.2. The van der Waals surface area contributed by atoms with Crippen LogP contribution in [0.1, 0.15) is 35.5 Å². The zero-order chi connectivity index (χ0) is 15.4. The van der Waals surface area contributed by atoms with Gasteiger partial charge in [-0.2, -0.15) is 0 Å². The first-order valence-corrected chi connectivity index (χ1v) is 7.97. The van der Waals surface area contributed by atoms with Gasteiger partial charge in [0.2, 0.25) is 0 Å². The van der Waals surface area contributed by atoms with Crippen LogP contribution in [-0.2, 0) is 17.9 Å². The SMILES string of the molecule is COCc1nc(-c2ncc(C)cc2C)sc1CNC(C)C. The predicted molar refractivity (Wildman–Crippen MR) is 87.5 cm³/mol. The number of thiazole rings is 1. The van der Waals surface area contributed by atoms with E-state index in [-0.39, 0.29) is 0 Å². The highest BCUT2D eigenvalue weighted by Gasteiger charge is 2.15. The molecule has 0 saturated heterocycles. The summed E-state index contributed by atoms with van der Waals surface area (Å²) in [6.45, 7) is 9.78. The Balaban J connectivity index is 2.33. The number of pyridine rings is 1. The van der Waals surface area contributed by atoms with E-state index in [1.54, 1.807) is 18.4 Å². The summed E-state index contributed by atoms with van der Waals surface area (Å²) in [4.78, 5) is 10.5. The van der Waals surface area contributed by atoms with Crippen LogP contribution in [0.15, 0.2) is 12.3 Å². The van der Waals surface area contributed by atoms with E-state index in [2.05, 4.69) is 44.1 Å². The Morgan fingerprint density at radius 1 is 1.33 bits per heavy atom. The first-order valence-electron chi connectivity index (χ1n) is 7.15. The molecule has 5 heteroatoms. The van der Waals surface area contributed by atoms with Gasteiger partial charge < -0.3 is 10.1 Å². The van der Waals surface area contributed by atoms with Gasteiger partial charge in [0.25, 0.3) is 0 Å². The average molecular weight is 305 g/mol. The normalized spacial score (nSPS) is 11.3. The molecule has 0 bridgehead atoms. The molecule has 0 aliphatic carbocycles. The number of aromatic nitrogens is 2. The zero-order valence-electron chi connectivity index (χ0n) is 13.4. The molecule has 1 N–H and O–H groups in total. The number of nitrogens with zero attached hydrogens (tertiary/aromatic N) is 2. The first-order chi connectivity index (χ1) is 10.0. The molecule has 114 valence electrons. The van der Waals surface area contributed by atoms with Crippen LogP contribution < -0.4 is 5.32 Å². The van der Waals surface area contributed by atoms with Crippen LogP contribution in [0.3, 0.4) is 0 Å². The summed E-state index contributed by atoms with van der Waals surface area (Å²) in [6, 6.07) is 2.59. The number of ether oxygens (including phenoxy) is 1. The number of methoxy groups -OCH3 is 1. The molecule has 0 spiro atoms. The second-order valence-electron chi connectivity index (χ2n) is 5.54. The highest BCUT2D eigenvalue weighted by Crippen LogP contribution is 2.29. The van der Waals surface area contributed by atoms with Crippen molar-refractivity contribution < 1.29 is 4.74 Å². The smallest absolute Gasteiger partial charge is 0.142 e. The number of nitrogens with one attached hydrogen (secondary N) is 1. The van der Waals surface area contributed by atoms with Crippen LogP contribution in [0.25, 0.3) is 10.7 Å². The molecular weight excluding hydrogens is 282 g/mol. The lowest BCUT2D eigenvalue weighted by molar-refractivity contribution is 0.181. The highest BCUT2D eigenvalue weighted by atomic mass is 32.1. The van der Waals surface area contributed by atoms with Crippen molar-refractivity contribution in [3.05, 3.63) is 34.0 Å². The summed E-state index contributed by atoms with van der Waals surface area (Å²) in [7, 11) is 1.70. The van der Waals surface area contributed by atoms with Gasteiger partial charge in [-0.15, -0.1) is 11.3 Å². The highest BCUT2D eigenvalue weighted by molar-refractivity contribution is 7.15. The fourth-order valence-electron chi connectivity index (χ4n) is 2.11. The molecule has 2 rings (SSSR count). The Bertz CT molecular complexity index is 608. The summed E-state index contributed by atoms with van der Waals surface area (Å²) in [5, 5.41) is 4.42. The summed E-state index contributed by atoms with van der Waals surface area (Å²) in [6.07, 6.45) is 1.89. The molecule has 0 atom stereocenters. The number of hydrogen-bond acceptors (Lipinski definition) is 5. The van der Waals surface area contributed by atoms with E-state index in [1.807, 2.05) is 6.20 Å². The fourth-order valence-corrected chi connectivity index (χ4v) is 3.19. The Kier molecular flexibility index (Phi) is 5.45. The van der Waals surface area contributed by atoms with Crippen LogP contribution in [0.2, 0.25) is 0 Å². The lowest BCUT2D eigenvalue weighted by Gasteiger charge is -2.07. The maximum atomic E-state index is 5.27. The third-order valence-electron chi connectivity index (χ3n) is 3.15. The second kappa shape index (κ2) is 7.11. The first kappa shape index (κ1) is 16.1. The third-order valence-corrected chi connectivity index (χ3v) is 4.25. The Morgan fingerprint density at radius 2 is 2.10 bits per heavy atom. The number of aryl methyl sites for hydroxylation is 2. The van der Waals surface area contributed by atoms with Gasteiger partial charge in [0.1, 0.15) is 10.7 Å². The molecule has 0 saturated carbocycles. The maximum Gasteiger partial charge on any atom is 0.142 e. The average Bonchev–Trinajstić information content (AvgIpc) is 2.80. The van der Waals surface area contributed by atoms with E-state index < -0.39 is 0 Å². The van der Waals surface area contributed by atoms with Gasteiger partial charge in [-0.05, 0) is 25.0 Å². The van der Waals surface area contributed by atoms with Crippen molar-refractivity contribution in [1.29, 1.82) is 0 Å². The molecule has 2 aromatic rings. The summed E-state index contributed by atoms with van der Waals surface area (Å²) in [5.41, 5.74) is 4.31. The van der Waals surface area contributed by atoms with Gasteiger partial charge in [-0.3, -0.25) is 4.98 Å². The van der Waals surface area contributed by atoms with Crippen LogP contribution in [0.5, 0.6) is 0 Å². The summed E-state index contributed by atoms with van der Waals surface area (Å²) in [5.74, 6) is 0. The van der Waals surface area contributed by atoms with E-state index in [0.29, 0.717) is 12.6 Å². The van der Waals surface area contributed by atoms with E-state index in [9.17, 15) is 0 Å². The van der Waals surface area contributed by atoms with Crippen molar-refractivity contribution >= 4 is 11.3 Å². The molecule has 0 unspecified atom stereocenters. The van der Waals surface area contributed by atoms with E-state index in [4.69, 9.17) is 9.72 Å². The third kappa shape index (κ3) is 4.09. The monoisotopic (exact) mass is 305 g/mol. The van der Waals surface area contributed by atoms with Crippen molar-refractivity contribution in [2.24, 2.45) is 0 Å². The number of hydrogen-bond donors (Lipinski definition) is 1. The molecule has 0 amide bonds. The van der Waals surface area contributed by atoms with Crippen LogP contribution in [0.4, 0.5) is 0 Å². The fraction of sp³-hybridized carbons (Fsp3) is 0.500. The van der Waals surface area contributed by atoms with Crippen molar-refractivity contribution in [2.75, 3.05) is 7.11 Å². The van der Waals surface area contributed by atoms with E-state index in [1.165, 1.54) is 10.4 Å². The van der Waals surface area contributed by atoms with E-state index >= 15 is 0 Å². The standard InChI is InChI=1S/C16H23N3OS/c1-10(2)17-8-14-13(9-20-5)19-16(21-14)15-12(4)6-11(3)7-18-15/h6-7,10,17H,8-9H2,1-5H3. The molecule has 2 aromatic heterocycles. The number of rotatable bonds is 6. The molecule has 2 heterocycles. The minimum Gasteiger partial charge on any atom is -0.378 e. The van der Waals surface area contributed by atoms with Gasteiger partial charge in [-0.25, -0.2) is 4.98 Å². The predicted octanol–water partition coefficient (Wildman–Crippen LogP) is 3.47. The molecule has 0 fully saturated rings. The Morgan fingerprint density at radius 3 is 2.71 bits per heavy atom. The van der Waals surface area contributed by atoms with Crippen molar-refractivity contribution in [1.82, 2.24) is 15.3 Å². The lowest BCUT2D eigenvalue weighted by Crippen LogP contribution is -2.21. The lowest BCUT2D eigenvalue weighted by atomic mass is 10.2. The molecule has 21 heavy (non-hydrogen) atoms. The van der Waals surface area contributed by atoms with Gasteiger partial charge in [0.15, 0.2) is 0 Å². The molecule has 0 radical (unpaired) electrons. The Labute approximate surface area is 130 Å². The molecule has 0 aliphatic rings. The van der Waals surface area contributed by atoms with Crippen LogP contribution in [-0.4, -0.2) is 23.1 Å². The quantitative estimate of drug-likeness (QED) is 0.888. The topological polar surface area (TPSA) is 47.0 Å². The van der Waals surface area contributed by atoms with Gasteiger partial charge in [0.05, 0.1) is 12.3 Å². The van der Waals surface area contributed by atoms with Crippen molar-refractivity contribution in [3.8, 4) is 10.7 Å². The largest absolute Gasteiger partial charge is 0.378 e. The molecule has 0 aromatic carbocycles. The van der Waals surface area contributed by atoms with Crippen LogP contribution in [0, 0.1) is 13.8 Å². The van der Waals surface area contributed by atoms with Crippen molar-refractivity contribution in [2.45, 2.75) is 46.9 Å². The Hall–Kier alpha value is -1.30. The van der Waals surface area contributed by atoms with E-state index in [0.717, 1.165) is 28.5 Å². The summed E-state index contributed by atoms with van der Waals surface area (Å²) >= 11 is 1.70. The van der Waals surface area contributed by atoms with Gasteiger partial charge in [0, 0.05) is 30.8 Å². The second-order valence-corrected chi connectivity index (χ2v) is 6.62. The minimum atomic E-state index is 0.449.